The number of nitrogens with zero attached hydrogens (tertiary/aromatic N) is 3. The van der Waals surface area contributed by atoms with Crippen LogP contribution in [-0.2, 0) is 9.84 Å². The Bertz CT molecular complexity index is 676. The Morgan fingerprint density at radius 2 is 2.00 bits per heavy atom. The van der Waals surface area contributed by atoms with Crippen LogP contribution < -0.4 is 0 Å². The molecule has 0 N–H and O–H groups in total. The molecule has 0 bridgehead atoms. The van der Waals surface area contributed by atoms with Gasteiger partial charge in [0.2, 0.25) is 0 Å². The first-order valence-corrected chi connectivity index (χ1v) is 7.89. The average Bonchev–Trinajstić information content (AvgIpc) is 2.71. The van der Waals surface area contributed by atoms with E-state index in [4.69, 9.17) is 0 Å². The van der Waals surface area contributed by atoms with Crippen molar-refractivity contribution in [1.29, 1.82) is 0 Å². The summed E-state index contributed by atoms with van der Waals surface area (Å²) in [5.74, 6) is 1.46. The smallest absolute Gasteiger partial charge is 0.155 e. The summed E-state index contributed by atoms with van der Waals surface area (Å²) in [6.07, 6.45) is 3.21. The molecular formula is C12H15N3O2S. The maximum atomic E-state index is 11.4. The Labute approximate surface area is 106 Å². The van der Waals surface area contributed by atoms with Crippen molar-refractivity contribution in [1.82, 2.24) is 14.6 Å². The van der Waals surface area contributed by atoms with E-state index < -0.39 is 9.84 Å². The van der Waals surface area contributed by atoms with E-state index in [1.165, 1.54) is 0 Å². The van der Waals surface area contributed by atoms with Crippen LogP contribution in [0.5, 0.6) is 0 Å². The minimum absolute atomic E-state index is 0.175. The molecule has 1 aliphatic rings. The molecular weight excluding hydrogens is 250 g/mol. The summed E-state index contributed by atoms with van der Waals surface area (Å²) in [4.78, 5) is 4.48. The zero-order valence-corrected chi connectivity index (χ0v) is 11.0. The van der Waals surface area contributed by atoms with Gasteiger partial charge >= 0.3 is 0 Å². The Morgan fingerprint density at radius 1 is 1.28 bits per heavy atom. The van der Waals surface area contributed by atoms with Crippen LogP contribution in [0, 0.1) is 6.92 Å². The fourth-order valence-corrected chi connectivity index (χ4v) is 3.82. The van der Waals surface area contributed by atoms with Gasteiger partial charge in [0.1, 0.15) is 9.84 Å². The number of fused-ring (bicyclic) bond motifs is 1. The quantitative estimate of drug-likeness (QED) is 0.780. The van der Waals surface area contributed by atoms with Crippen molar-refractivity contribution in [3.8, 4) is 0 Å². The van der Waals surface area contributed by atoms with Crippen LogP contribution in [0.15, 0.2) is 18.3 Å². The molecule has 0 atom stereocenters. The van der Waals surface area contributed by atoms with Crippen LogP contribution in [0.25, 0.3) is 5.65 Å². The zero-order chi connectivity index (χ0) is 12.8. The van der Waals surface area contributed by atoms with Crippen molar-refractivity contribution < 1.29 is 8.42 Å². The van der Waals surface area contributed by atoms with Gasteiger partial charge in [-0.3, -0.25) is 0 Å². The average molecular weight is 265 g/mol. The molecule has 0 saturated carbocycles. The highest BCUT2D eigenvalue weighted by molar-refractivity contribution is 7.91. The van der Waals surface area contributed by atoms with E-state index in [-0.39, 0.29) is 17.4 Å². The molecule has 3 heterocycles. The lowest BCUT2D eigenvalue weighted by Crippen LogP contribution is -2.22. The number of sulfone groups is 1. The molecule has 0 aliphatic carbocycles. The Hall–Kier alpha value is -1.43. The highest BCUT2D eigenvalue weighted by Crippen LogP contribution is 2.27. The summed E-state index contributed by atoms with van der Waals surface area (Å²) in [7, 11) is -2.82. The van der Waals surface area contributed by atoms with Crippen molar-refractivity contribution in [2.75, 3.05) is 11.5 Å². The van der Waals surface area contributed by atoms with E-state index in [1.54, 1.807) is 4.52 Å². The van der Waals surface area contributed by atoms with Crippen molar-refractivity contribution in [2.24, 2.45) is 0 Å². The fraction of sp³-hybridized carbons (Fsp3) is 0.500. The molecule has 1 aliphatic heterocycles. The van der Waals surface area contributed by atoms with Crippen molar-refractivity contribution in [3.05, 3.63) is 29.7 Å². The molecule has 0 radical (unpaired) electrons. The van der Waals surface area contributed by atoms with Gasteiger partial charge in [-0.05, 0) is 31.4 Å². The third-order valence-corrected chi connectivity index (χ3v) is 5.13. The first kappa shape index (κ1) is 11.6. The summed E-state index contributed by atoms with van der Waals surface area (Å²) < 4.78 is 24.6. The lowest BCUT2D eigenvalue weighted by molar-refractivity contribution is 0.537. The molecule has 0 spiro atoms. The molecule has 0 unspecified atom stereocenters. The van der Waals surface area contributed by atoms with Crippen molar-refractivity contribution >= 4 is 15.5 Å². The number of hydrogen-bond acceptors (Lipinski definition) is 4. The summed E-state index contributed by atoms with van der Waals surface area (Å²) in [5.41, 5.74) is 1.95. The standard InChI is InChI=1S/C12H15N3O2S/c1-9-2-3-11-13-12(14-15(11)8-9)10-4-6-18(16,17)7-5-10/h2-3,8,10H,4-7H2,1H3. The van der Waals surface area contributed by atoms with E-state index in [0.717, 1.165) is 17.0 Å². The molecule has 6 heteroatoms. The highest BCUT2D eigenvalue weighted by Gasteiger charge is 2.27. The zero-order valence-electron chi connectivity index (χ0n) is 10.2. The van der Waals surface area contributed by atoms with Gasteiger partial charge in [0, 0.05) is 12.1 Å². The van der Waals surface area contributed by atoms with Gasteiger partial charge in [-0.2, -0.15) is 5.10 Å². The van der Waals surface area contributed by atoms with Gasteiger partial charge in [-0.1, -0.05) is 6.07 Å². The van der Waals surface area contributed by atoms with Crippen LogP contribution in [0.2, 0.25) is 0 Å². The molecule has 5 nitrogen and oxygen atoms in total. The second-order valence-corrected chi connectivity index (χ2v) is 7.21. The molecule has 3 rings (SSSR count). The van der Waals surface area contributed by atoms with Gasteiger partial charge in [0.05, 0.1) is 11.5 Å². The summed E-state index contributed by atoms with van der Waals surface area (Å²) in [6.45, 7) is 2.01. The maximum absolute atomic E-state index is 11.4. The number of pyridine rings is 1. The molecule has 2 aromatic rings. The predicted molar refractivity (Wildman–Crippen MR) is 68.4 cm³/mol. The van der Waals surface area contributed by atoms with E-state index in [2.05, 4.69) is 10.1 Å². The number of hydrogen-bond donors (Lipinski definition) is 0. The third-order valence-electron chi connectivity index (χ3n) is 3.42. The van der Waals surface area contributed by atoms with Crippen LogP contribution in [0.3, 0.4) is 0 Å². The molecule has 0 aromatic carbocycles. The van der Waals surface area contributed by atoms with E-state index in [1.807, 2.05) is 25.3 Å². The minimum atomic E-state index is -2.82. The Morgan fingerprint density at radius 3 is 2.72 bits per heavy atom. The first-order valence-electron chi connectivity index (χ1n) is 6.07. The Kier molecular flexibility index (Phi) is 2.62. The van der Waals surface area contributed by atoms with E-state index >= 15 is 0 Å². The molecule has 2 aromatic heterocycles. The Balaban J connectivity index is 1.91. The van der Waals surface area contributed by atoms with Gasteiger partial charge < -0.3 is 0 Å². The minimum Gasteiger partial charge on any atom is -0.229 e. The fourth-order valence-electron chi connectivity index (χ4n) is 2.32. The number of aromatic nitrogens is 3. The lowest BCUT2D eigenvalue weighted by Gasteiger charge is -2.18. The predicted octanol–water partition coefficient (Wildman–Crippen LogP) is 1.33. The second-order valence-electron chi connectivity index (χ2n) is 4.91. The van der Waals surface area contributed by atoms with Gasteiger partial charge in [0.15, 0.2) is 11.5 Å². The van der Waals surface area contributed by atoms with Gasteiger partial charge in [-0.25, -0.2) is 17.9 Å². The molecule has 96 valence electrons. The lowest BCUT2D eigenvalue weighted by atomic mass is 10.0. The van der Waals surface area contributed by atoms with Crippen LogP contribution in [0.4, 0.5) is 0 Å². The van der Waals surface area contributed by atoms with E-state index in [0.29, 0.717) is 12.8 Å². The van der Waals surface area contributed by atoms with Crippen LogP contribution in [0.1, 0.15) is 30.1 Å². The SMILES string of the molecule is Cc1ccc2nc(C3CCS(=O)(=O)CC3)nn2c1. The van der Waals surface area contributed by atoms with Crippen molar-refractivity contribution in [2.45, 2.75) is 25.7 Å². The van der Waals surface area contributed by atoms with E-state index in [9.17, 15) is 8.42 Å². The molecule has 1 saturated heterocycles. The van der Waals surface area contributed by atoms with Crippen LogP contribution in [-0.4, -0.2) is 34.5 Å². The number of aryl methyl sites for hydroxylation is 1. The molecule has 1 fully saturated rings. The number of rotatable bonds is 1. The summed E-state index contributed by atoms with van der Waals surface area (Å²) in [6, 6.07) is 3.94. The van der Waals surface area contributed by atoms with Gasteiger partial charge in [-0.15, -0.1) is 0 Å². The topological polar surface area (TPSA) is 64.3 Å². The summed E-state index contributed by atoms with van der Waals surface area (Å²) in [5, 5.41) is 4.46. The first-order chi connectivity index (χ1) is 8.53. The monoisotopic (exact) mass is 265 g/mol. The maximum Gasteiger partial charge on any atom is 0.155 e. The largest absolute Gasteiger partial charge is 0.229 e. The molecule has 18 heavy (non-hydrogen) atoms. The third kappa shape index (κ3) is 2.12. The summed E-state index contributed by atoms with van der Waals surface area (Å²) >= 11 is 0. The highest BCUT2D eigenvalue weighted by atomic mass is 32.2. The normalized spacial score (nSPS) is 20.3. The van der Waals surface area contributed by atoms with Crippen LogP contribution >= 0.6 is 0 Å². The second kappa shape index (κ2) is 4.05. The van der Waals surface area contributed by atoms with Gasteiger partial charge in [0.25, 0.3) is 0 Å². The van der Waals surface area contributed by atoms with Crippen molar-refractivity contribution in [3.63, 3.8) is 0 Å². The molecule has 0 amide bonds.